The molecule has 0 saturated carbocycles. The Kier molecular flexibility index (Phi) is 2.05. The fourth-order valence-corrected chi connectivity index (χ4v) is 0.228. The fourth-order valence-electron chi connectivity index (χ4n) is 0.228. The molecule has 1 atom stereocenters. The highest BCUT2D eigenvalue weighted by atomic mass is 13.9. The zero-order valence-electron chi connectivity index (χ0n) is 6.15. The molecular weight excluding hydrogens is 82.9 g/mol. The van der Waals surface area contributed by atoms with Gasteiger partial charge in [0.15, 0.2) is 0 Å². The highest BCUT2D eigenvalue weighted by Crippen LogP contribution is 2.01. The van der Waals surface area contributed by atoms with Gasteiger partial charge in [0.25, 0.3) is 0 Å². The molecule has 0 saturated heterocycles. The number of rotatable bonds is 1. The van der Waals surface area contributed by atoms with E-state index in [-0.39, 0.29) is 6.40 Å². The molecule has 2 radical (unpaired) electrons. The zero-order chi connectivity index (χ0) is 6.73. The van der Waals surface area contributed by atoms with Gasteiger partial charge in [0, 0.05) is 1.37 Å². The van der Waals surface area contributed by atoms with E-state index in [1.54, 1.807) is 0 Å². The van der Waals surface area contributed by atoms with Gasteiger partial charge in [-0.25, -0.2) is 0 Å². The van der Waals surface area contributed by atoms with Crippen molar-refractivity contribution in [2.75, 3.05) is 0 Å². The third-order valence-electron chi connectivity index (χ3n) is 1.06. The van der Waals surface area contributed by atoms with Crippen LogP contribution >= 0.6 is 0 Å². The van der Waals surface area contributed by atoms with Crippen LogP contribution in [0.5, 0.6) is 0 Å². The third kappa shape index (κ3) is 2.49. The molecule has 0 fully saturated rings. The molecule has 0 aliphatic heterocycles. The van der Waals surface area contributed by atoms with Crippen LogP contribution < -0.4 is 0 Å². The quantitative estimate of drug-likeness (QED) is 0.436. The van der Waals surface area contributed by atoms with Gasteiger partial charge in [0.1, 0.15) is 7.85 Å². The van der Waals surface area contributed by atoms with Crippen molar-refractivity contribution in [2.24, 2.45) is 0 Å². The lowest BCUT2D eigenvalue weighted by molar-refractivity contribution is 1.08. The third-order valence-corrected chi connectivity index (χ3v) is 1.06. The van der Waals surface area contributed by atoms with Gasteiger partial charge in [-0.3, -0.25) is 0 Å². The molecule has 0 spiro atoms. The first-order valence-electron chi connectivity index (χ1n) is 2.98. The molecule has 0 amide bonds. The van der Waals surface area contributed by atoms with E-state index < -0.39 is 0 Å². The highest BCUT2D eigenvalue weighted by Gasteiger charge is 1.82. The van der Waals surface area contributed by atoms with Crippen molar-refractivity contribution < 1.29 is 1.37 Å². The second kappa shape index (κ2) is 2.89. The maximum atomic E-state index is 7.18. The van der Waals surface area contributed by atoms with Gasteiger partial charge in [-0.2, -0.15) is 0 Å². The van der Waals surface area contributed by atoms with E-state index in [1.807, 2.05) is 20.8 Å². The molecule has 0 bridgehead atoms. The second-order valence-corrected chi connectivity index (χ2v) is 1.65. The van der Waals surface area contributed by atoms with E-state index in [4.69, 9.17) is 9.22 Å². The lowest BCUT2D eigenvalue weighted by atomic mass is 9.92. The molecule has 0 N–H and O–H groups in total. The van der Waals surface area contributed by atoms with Crippen LogP contribution in [-0.4, -0.2) is 7.85 Å². The largest absolute Gasteiger partial charge is 0.122 e. The van der Waals surface area contributed by atoms with Crippen LogP contribution in [0, 0.1) is 0 Å². The summed E-state index contributed by atoms with van der Waals surface area (Å²) >= 11 is 0. The molecule has 7 heavy (non-hydrogen) atoms. The summed E-state index contributed by atoms with van der Waals surface area (Å²) in [5, 5.41) is 0. The second-order valence-electron chi connectivity index (χ2n) is 1.65. The smallest absolute Gasteiger partial charge is 0.107 e. The van der Waals surface area contributed by atoms with Crippen LogP contribution in [0.4, 0.5) is 0 Å². The number of hydrogen-bond acceptors (Lipinski definition) is 0. The first-order valence-corrected chi connectivity index (χ1v) is 2.40. The SMILES string of the molecule is [2H]C(C)/C(C)=C(/[B])C. The summed E-state index contributed by atoms with van der Waals surface area (Å²) in [7, 11) is 5.40. The summed E-state index contributed by atoms with van der Waals surface area (Å²) in [5.41, 5.74) is 1.73. The molecule has 0 rings (SSSR count). The van der Waals surface area contributed by atoms with E-state index in [2.05, 4.69) is 0 Å². The number of hydrogen-bond donors (Lipinski definition) is 0. The maximum Gasteiger partial charge on any atom is 0.107 e. The van der Waals surface area contributed by atoms with Gasteiger partial charge in [0.05, 0.1) is 0 Å². The molecular formula is C6H11B. The summed E-state index contributed by atoms with van der Waals surface area (Å²) < 4.78 is 7.18. The van der Waals surface area contributed by atoms with Crippen molar-refractivity contribution in [1.82, 2.24) is 0 Å². The molecule has 1 unspecified atom stereocenters. The molecule has 0 aliphatic carbocycles. The molecule has 38 valence electrons. The minimum Gasteiger partial charge on any atom is -0.122 e. The van der Waals surface area contributed by atoms with E-state index in [0.29, 0.717) is 0 Å². The molecule has 0 aromatic carbocycles. The summed E-state index contributed by atoms with van der Waals surface area (Å²) in [6.45, 7) is 5.51. The normalized spacial score (nSPS) is 20.1. The van der Waals surface area contributed by atoms with Crippen LogP contribution in [0.3, 0.4) is 0 Å². The first kappa shape index (κ1) is 4.95. The van der Waals surface area contributed by atoms with Gasteiger partial charge in [-0.15, -0.1) is 5.47 Å². The topological polar surface area (TPSA) is 0 Å². The van der Waals surface area contributed by atoms with Crippen molar-refractivity contribution in [2.45, 2.75) is 27.2 Å². The van der Waals surface area contributed by atoms with Crippen LogP contribution in [0.25, 0.3) is 0 Å². The van der Waals surface area contributed by atoms with E-state index in [0.717, 1.165) is 11.0 Å². The molecule has 0 nitrogen and oxygen atoms in total. The van der Waals surface area contributed by atoms with E-state index in [1.165, 1.54) is 0 Å². The van der Waals surface area contributed by atoms with Crippen LogP contribution in [-0.2, 0) is 0 Å². The Hall–Kier alpha value is -0.195. The lowest BCUT2D eigenvalue weighted by Gasteiger charge is -1.95. The maximum absolute atomic E-state index is 7.18. The summed E-state index contributed by atoms with van der Waals surface area (Å²) in [5.74, 6) is 0. The Labute approximate surface area is 48.4 Å². The van der Waals surface area contributed by atoms with Crippen LogP contribution in [0.15, 0.2) is 11.0 Å². The predicted molar refractivity (Wildman–Crippen MR) is 34.4 cm³/mol. The molecule has 1 heteroatoms. The summed E-state index contributed by atoms with van der Waals surface area (Å²) in [6.07, 6.45) is -0.153. The Morgan fingerprint density at radius 1 is 1.71 bits per heavy atom. The monoisotopic (exact) mass is 95.1 g/mol. The minimum absolute atomic E-state index is 0.153. The summed E-state index contributed by atoms with van der Waals surface area (Å²) in [6, 6.07) is 0. The molecule has 0 heterocycles. The number of allylic oxidation sites excluding steroid dienone is 2. The Morgan fingerprint density at radius 2 is 2.14 bits per heavy atom. The van der Waals surface area contributed by atoms with E-state index in [9.17, 15) is 0 Å². The average Bonchev–Trinajstić information content (AvgIpc) is 1.64. The molecule has 0 aromatic heterocycles. The van der Waals surface area contributed by atoms with Crippen LogP contribution in [0.1, 0.15) is 28.5 Å². The zero-order valence-corrected chi connectivity index (χ0v) is 5.15. The van der Waals surface area contributed by atoms with Gasteiger partial charge in [-0.05, 0) is 13.3 Å². The standard InChI is InChI=1S/C6H11B/c1-4-5(2)6(3)7/h4H2,1-3H3/b6-5+/i4D. The van der Waals surface area contributed by atoms with Crippen molar-refractivity contribution in [1.29, 1.82) is 0 Å². The van der Waals surface area contributed by atoms with Crippen molar-refractivity contribution in [3.8, 4) is 0 Å². The average molecular weight is 95.0 g/mol. The van der Waals surface area contributed by atoms with Gasteiger partial charge >= 0.3 is 0 Å². The predicted octanol–water partition coefficient (Wildman–Crippen LogP) is 1.86. The Bertz CT molecular complexity index is 101. The lowest BCUT2D eigenvalue weighted by Crippen LogP contribution is -1.78. The van der Waals surface area contributed by atoms with Gasteiger partial charge < -0.3 is 0 Å². The molecule has 0 aromatic rings. The first-order chi connectivity index (χ1) is 3.55. The van der Waals surface area contributed by atoms with Crippen molar-refractivity contribution >= 4 is 7.85 Å². The van der Waals surface area contributed by atoms with Gasteiger partial charge in [0.2, 0.25) is 0 Å². The van der Waals surface area contributed by atoms with Gasteiger partial charge in [-0.1, -0.05) is 19.4 Å². The molecule has 0 aliphatic rings. The van der Waals surface area contributed by atoms with Crippen molar-refractivity contribution in [3.63, 3.8) is 0 Å². The van der Waals surface area contributed by atoms with E-state index >= 15 is 0 Å². The Morgan fingerprint density at radius 3 is 2.14 bits per heavy atom. The minimum atomic E-state index is -0.153. The van der Waals surface area contributed by atoms with Crippen LogP contribution in [0.2, 0.25) is 0 Å². The Balaban J connectivity index is 4.00. The fraction of sp³-hybridized carbons (Fsp3) is 0.667. The summed E-state index contributed by atoms with van der Waals surface area (Å²) in [4.78, 5) is 0. The van der Waals surface area contributed by atoms with Crippen molar-refractivity contribution in [3.05, 3.63) is 11.0 Å². The highest BCUT2D eigenvalue weighted by molar-refractivity contribution is 6.21.